The summed E-state index contributed by atoms with van der Waals surface area (Å²) >= 11 is 0. The van der Waals surface area contributed by atoms with Crippen LogP contribution in [-0.2, 0) is 9.59 Å². The molecule has 0 aromatic heterocycles. The zero-order valence-corrected chi connectivity index (χ0v) is 15.1. The van der Waals surface area contributed by atoms with Crippen LogP contribution in [0, 0.1) is 0 Å². The summed E-state index contributed by atoms with van der Waals surface area (Å²) in [4.78, 5) is 25.6. The number of nitrogens with one attached hydrogen (secondary N) is 2. The number of hydrogen-bond acceptors (Lipinski definition) is 3. The number of carbonyl (C=O) groups is 2. The van der Waals surface area contributed by atoms with Crippen LogP contribution in [0.25, 0.3) is 0 Å². The van der Waals surface area contributed by atoms with Gasteiger partial charge in [-0.1, -0.05) is 30.3 Å². The van der Waals surface area contributed by atoms with Gasteiger partial charge in [0.05, 0.1) is 0 Å². The van der Waals surface area contributed by atoms with Gasteiger partial charge < -0.3 is 15.5 Å². The van der Waals surface area contributed by atoms with E-state index >= 15 is 0 Å². The molecule has 1 heterocycles. The molecule has 134 valence electrons. The first-order chi connectivity index (χ1) is 11.2. The number of hydrogen-bond donors (Lipinski definition) is 2. The lowest BCUT2D eigenvalue weighted by molar-refractivity contribution is -0.129. The molecule has 0 spiro atoms. The molecule has 1 aliphatic rings. The average Bonchev–Trinajstić information content (AvgIpc) is 2.57. The van der Waals surface area contributed by atoms with Crippen LogP contribution in [0.1, 0.15) is 44.2 Å². The van der Waals surface area contributed by atoms with Crippen LogP contribution in [-0.4, -0.2) is 42.9 Å². The summed E-state index contributed by atoms with van der Waals surface area (Å²) in [6.07, 6.45) is 3.22. The Hall–Kier alpha value is -1.59. The first-order valence-electron chi connectivity index (χ1n) is 8.47. The van der Waals surface area contributed by atoms with E-state index in [2.05, 4.69) is 22.8 Å². The van der Waals surface area contributed by atoms with Crippen LogP contribution in [0.4, 0.5) is 0 Å². The fourth-order valence-corrected chi connectivity index (χ4v) is 2.88. The lowest BCUT2D eigenvalue weighted by atomic mass is 10.0. The van der Waals surface area contributed by atoms with E-state index in [1.165, 1.54) is 0 Å². The van der Waals surface area contributed by atoms with E-state index in [0.717, 1.165) is 37.9 Å². The minimum atomic E-state index is 0. The molecule has 1 aromatic rings. The van der Waals surface area contributed by atoms with Crippen molar-refractivity contribution in [2.75, 3.05) is 26.2 Å². The van der Waals surface area contributed by atoms with Crippen molar-refractivity contribution in [1.29, 1.82) is 0 Å². The Morgan fingerprint density at radius 3 is 2.50 bits per heavy atom. The minimum absolute atomic E-state index is 0. The van der Waals surface area contributed by atoms with Crippen LogP contribution in [0.2, 0.25) is 0 Å². The SMILES string of the molecule is CC(=O)N1CCCCNC(c2ccccc2)CC(=O)NCCC1.Cl. The van der Waals surface area contributed by atoms with Gasteiger partial charge in [0, 0.05) is 39.0 Å². The Bertz CT molecular complexity index is 510. The van der Waals surface area contributed by atoms with Crippen LogP contribution in [0.3, 0.4) is 0 Å². The Morgan fingerprint density at radius 1 is 1.08 bits per heavy atom. The van der Waals surface area contributed by atoms with Crippen molar-refractivity contribution in [1.82, 2.24) is 15.5 Å². The van der Waals surface area contributed by atoms with Crippen molar-refractivity contribution in [3.63, 3.8) is 0 Å². The van der Waals surface area contributed by atoms with Gasteiger partial charge in [-0.2, -0.15) is 0 Å². The maximum Gasteiger partial charge on any atom is 0.221 e. The summed E-state index contributed by atoms with van der Waals surface area (Å²) in [5.41, 5.74) is 1.14. The predicted octanol–water partition coefficient (Wildman–Crippen LogP) is 2.28. The molecule has 2 rings (SSSR count). The monoisotopic (exact) mass is 353 g/mol. The molecule has 0 bridgehead atoms. The number of nitrogens with zero attached hydrogens (tertiary/aromatic N) is 1. The molecule has 1 unspecified atom stereocenters. The van der Waals surface area contributed by atoms with Crippen molar-refractivity contribution in [3.05, 3.63) is 35.9 Å². The van der Waals surface area contributed by atoms with Gasteiger partial charge in [0.1, 0.15) is 0 Å². The van der Waals surface area contributed by atoms with Crippen LogP contribution in [0.5, 0.6) is 0 Å². The van der Waals surface area contributed by atoms with Gasteiger partial charge in [-0.15, -0.1) is 12.4 Å². The summed E-state index contributed by atoms with van der Waals surface area (Å²) in [7, 11) is 0. The van der Waals surface area contributed by atoms with Gasteiger partial charge in [-0.05, 0) is 31.4 Å². The summed E-state index contributed by atoms with van der Waals surface area (Å²) in [5, 5.41) is 6.45. The lowest BCUT2D eigenvalue weighted by Crippen LogP contribution is -2.34. The molecule has 1 aliphatic heterocycles. The molecule has 2 amide bonds. The Labute approximate surface area is 150 Å². The molecule has 24 heavy (non-hydrogen) atoms. The highest BCUT2D eigenvalue weighted by molar-refractivity contribution is 5.85. The van der Waals surface area contributed by atoms with Crippen molar-refractivity contribution >= 4 is 24.2 Å². The second-order valence-electron chi connectivity index (χ2n) is 6.04. The highest BCUT2D eigenvalue weighted by Gasteiger charge is 2.16. The van der Waals surface area contributed by atoms with Crippen LogP contribution >= 0.6 is 12.4 Å². The lowest BCUT2D eigenvalue weighted by Gasteiger charge is -2.21. The quantitative estimate of drug-likeness (QED) is 0.814. The zero-order chi connectivity index (χ0) is 16.5. The second-order valence-corrected chi connectivity index (χ2v) is 6.04. The standard InChI is InChI=1S/C18H27N3O2.ClH/c1-15(22)21-12-6-5-10-19-17(16-8-3-2-4-9-16)14-18(23)20-11-7-13-21;/h2-4,8-9,17,19H,5-7,10-14H2,1H3,(H,20,23);1H. The molecule has 0 aliphatic carbocycles. The fourth-order valence-electron chi connectivity index (χ4n) is 2.88. The van der Waals surface area contributed by atoms with Crippen molar-refractivity contribution < 1.29 is 9.59 Å². The first-order valence-corrected chi connectivity index (χ1v) is 8.47. The maximum absolute atomic E-state index is 12.2. The van der Waals surface area contributed by atoms with E-state index in [-0.39, 0.29) is 30.3 Å². The molecule has 6 heteroatoms. The highest BCUT2D eigenvalue weighted by atomic mass is 35.5. The maximum atomic E-state index is 12.2. The number of amides is 2. The molecule has 0 saturated carbocycles. The van der Waals surface area contributed by atoms with E-state index in [1.807, 2.05) is 23.1 Å². The number of rotatable bonds is 1. The first kappa shape index (κ1) is 20.5. The van der Waals surface area contributed by atoms with E-state index < -0.39 is 0 Å². The van der Waals surface area contributed by atoms with Gasteiger partial charge in [0.2, 0.25) is 11.8 Å². The Balaban J connectivity index is 0.00000288. The molecular weight excluding hydrogens is 326 g/mol. The van der Waals surface area contributed by atoms with Gasteiger partial charge in [0.25, 0.3) is 0 Å². The Morgan fingerprint density at radius 2 is 1.79 bits per heavy atom. The highest BCUT2D eigenvalue weighted by Crippen LogP contribution is 2.16. The second kappa shape index (κ2) is 11.0. The van der Waals surface area contributed by atoms with Crippen molar-refractivity contribution in [2.24, 2.45) is 0 Å². The van der Waals surface area contributed by atoms with E-state index in [9.17, 15) is 9.59 Å². The summed E-state index contributed by atoms with van der Waals surface area (Å²) in [6, 6.07) is 10.1. The molecule has 0 radical (unpaired) electrons. The molecule has 1 saturated heterocycles. The molecule has 1 atom stereocenters. The number of benzene rings is 1. The summed E-state index contributed by atoms with van der Waals surface area (Å²) in [6.45, 7) is 4.58. The fraction of sp³-hybridized carbons (Fsp3) is 0.556. The molecular formula is C18H28ClN3O2. The molecule has 1 fully saturated rings. The summed E-state index contributed by atoms with van der Waals surface area (Å²) < 4.78 is 0. The zero-order valence-electron chi connectivity index (χ0n) is 14.3. The molecule has 5 nitrogen and oxygen atoms in total. The van der Waals surface area contributed by atoms with Crippen LogP contribution < -0.4 is 10.6 Å². The van der Waals surface area contributed by atoms with Crippen molar-refractivity contribution in [2.45, 2.75) is 38.6 Å². The third-order valence-electron chi connectivity index (χ3n) is 4.21. The largest absolute Gasteiger partial charge is 0.356 e. The van der Waals surface area contributed by atoms with Crippen molar-refractivity contribution in [3.8, 4) is 0 Å². The molecule has 1 aromatic carbocycles. The normalized spacial score (nSPS) is 20.6. The van der Waals surface area contributed by atoms with E-state index in [1.54, 1.807) is 6.92 Å². The smallest absolute Gasteiger partial charge is 0.221 e. The topological polar surface area (TPSA) is 61.4 Å². The van der Waals surface area contributed by atoms with E-state index in [0.29, 0.717) is 19.5 Å². The Kier molecular flexibility index (Phi) is 9.42. The van der Waals surface area contributed by atoms with Crippen LogP contribution in [0.15, 0.2) is 30.3 Å². The van der Waals surface area contributed by atoms with Gasteiger partial charge >= 0.3 is 0 Å². The minimum Gasteiger partial charge on any atom is -0.356 e. The third-order valence-corrected chi connectivity index (χ3v) is 4.21. The molecule has 2 N–H and O–H groups in total. The number of halogens is 1. The van der Waals surface area contributed by atoms with Gasteiger partial charge in [0.15, 0.2) is 0 Å². The average molecular weight is 354 g/mol. The predicted molar refractivity (Wildman–Crippen MR) is 98.2 cm³/mol. The van der Waals surface area contributed by atoms with Gasteiger partial charge in [-0.3, -0.25) is 9.59 Å². The van der Waals surface area contributed by atoms with Gasteiger partial charge in [-0.25, -0.2) is 0 Å². The third kappa shape index (κ3) is 6.89. The summed E-state index contributed by atoms with van der Waals surface area (Å²) in [5.74, 6) is 0.168. The van der Waals surface area contributed by atoms with E-state index in [4.69, 9.17) is 0 Å². The number of carbonyl (C=O) groups excluding carboxylic acids is 2.